The Bertz CT molecular complexity index is 1560. The van der Waals surface area contributed by atoms with Crippen LogP contribution in [0.15, 0.2) is 77.3 Å². The van der Waals surface area contributed by atoms with Crippen molar-refractivity contribution in [1.82, 2.24) is 4.98 Å². The van der Waals surface area contributed by atoms with E-state index >= 15 is 0 Å². The zero-order chi connectivity index (χ0) is 26.9. The number of nitrogens with one attached hydrogen (secondary N) is 1. The maximum atomic E-state index is 13.6. The number of ether oxygens (including phenoxy) is 2. The second-order valence-electron chi connectivity index (χ2n) is 8.19. The van der Waals surface area contributed by atoms with Crippen molar-refractivity contribution in [1.29, 1.82) is 0 Å². The summed E-state index contributed by atoms with van der Waals surface area (Å²) in [7, 11) is -2.50. The fourth-order valence-electron chi connectivity index (χ4n) is 4.03. The molecule has 5 rings (SSSR count). The number of hydrogen-bond acceptors (Lipinski definition) is 7. The summed E-state index contributed by atoms with van der Waals surface area (Å²) in [6.07, 6.45) is -1.70. The van der Waals surface area contributed by atoms with E-state index in [0.29, 0.717) is 23.4 Å². The van der Waals surface area contributed by atoms with E-state index in [2.05, 4.69) is 9.71 Å². The van der Waals surface area contributed by atoms with E-state index < -0.39 is 27.9 Å². The number of fused-ring (bicyclic) bond motifs is 1. The van der Waals surface area contributed by atoms with Crippen LogP contribution >= 0.6 is 11.3 Å². The molecule has 198 valence electrons. The third-order valence-electron chi connectivity index (χ3n) is 5.81. The molecule has 1 unspecified atom stereocenters. The van der Waals surface area contributed by atoms with Gasteiger partial charge in [0.15, 0.2) is 5.13 Å². The summed E-state index contributed by atoms with van der Waals surface area (Å²) in [5.74, 6) is 0.512. The number of alkyl halides is 3. The third-order valence-corrected chi connectivity index (χ3v) is 7.96. The lowest BCUT2D eigenvalue weighted by molar-refractivity contribution is -0.876. The van der Waals surface area contributed by atoms with Gasteiger partial charge < -0.3 is 9.47 Å². The Morgan fingerprint density at radius 1 is 1.16 bits per heavy atom. The molecule has 8 nitrogen and oxygen atoms in total. The number of halogens is 3. The minimum atomic E-state index is -4.56. The normalized spacial score (nSPS) is 15.3. The molecule has 1 aliphatic heterocycles. The molecule has 0 spiro atoms. The van der Waals surface area contributed by atoms with Gasteiger partial charge in [0.05, 0.1) is 22.6 Å². The van der Waals surface area contributed by atoms with Crippen LogP contribution in [0.5, 0.6) is 11.5 Å². The number of pyridine rings is 1. The lowest BCUT2D eigenvalue weighted by Gasteiger charge is -2.27. The van der Waals surface area contributed by atoms with Crippen molar-refractivity contribution in [2.45, 2.75) is 23.6 Å². The summed E-state index contributed by atoms with van der Waals surface area (Å²) in [5, 5.41) is 1.88. The van der Waals surface area contributed by atoms with Gasteiger partial charge in [-0.25, -0.2) is 13.4 Å². The molecule has 0 radical (unpaired) electrons. The Morgan fingerprint density at radius 2 is 2.00 bits per heavy atom. The molecule has 0 aliphatic carbocycles. The highest BCUT2D eigenvalue weighted by molar-refractivity contribution is 7.93. The lowest BCUT2D eigenvalue weighted by Crippen LogP contribution is -2.42. The largest absolute Gasteiger partial charge is 0.493 e. The van der Waals surface area contributed by atoms with Gasteiger partial charge in [-0.15, -0.1) is 11.3 Å². The fraction of sp³-hybridized carbons (Fsp3) is 0.200. The summed E-state index contributed by atoms with van der Waals surface area (Å²) in [5.41, 5.74) is 0.282. The molecule has 2 aromatic carbocycles. The van der Waals surface area contributed by atoms with Gasteiger partial charge in [0.25, 0.3) is 15.7 Å². The Hall–Kier alpha value is -3.84. The minimum absolute atomic E-state index is 0.0206. The molecule has 0 saturated carbocycles. The highest BCUT2D eigenvalue weighted by atomic mass is 32.2. The second-order valence-corrected chi connectivity index (χ2v) is 10.8. The van der Waals surface area contributed by atoms with Gasteiger partial charge in [-0.2, -0.15) is 13.2 Å². The predicted molar refractivity (Wildman–Crippen MR) is 132 cm³/mol. The molecule has 38 heavy (non-hydrogen) atoms. The molecular formula is C25H21F3N3O5S2+. The molecule has 4 aromatic rings. The van der Waals surface area contributed by atoms with Crippen LogP contribution in [0.4, 0.5) is 18.3 Å². The average Bonchev–Trinajstić information content (AvgIpc) is 3.40. The summed E-state index contributed by atoms with van der Waals surface area (Å²) >= 11 is 1.15. The van der Waals surface area contributed by atoms with Crippen molar-refractivity contribution in [2.24, 2.45) is 0 Å². The number of anilines is 1. The van der Waals surface area contributed by atoms with Crippen LogP contribution in [-0.2, 0) is 16.2 Å². The monoisotopic (exact) mass is 564 g/mol. The van der Waals surface area contributed by atoms with Crippen LogP contribution < -0.4 is 23.8 Å². The van der Waals surface area contributed by atoms with Crippen LogP contribution in [-0.4, -0.2) is 27.1 Å². The molecule has 1 N–H and O–H groups in total. The quantitative estimate of drug-likeness (QED) is 0.322. The Balaban J connectivity index is 1.50. The van der Waals surface area contributed by atoms with Gasteiger partial charge in [0, 0.05) is 46.5 Å². The van der Waals surface area contributed by atoms with Crippen LogP contribution in [0.25, 0.3) is 11.3 Å². The summed E-state index contributed by atoms with van der Waals surface area (Å²) in [4.78, 5) is 9.22. The topological polar surface area (TPSA) is 90.6 Å². The van der Waals surface area contributed by atoms with E-state index in [1.54, 1.807) is 35.8 Å². The van der Waals surface area contributed by atoms with Crippen molar-refractivity contribution in [3.05, 3.63) is 83.5 Å². The average molecular weight is 565 g/mol. The highest BCUT2D eigenvalue weighted by Crippen LogP contribution is 2.41. The molecule has 2 aromatic heterocycles. The first-order chi connectivity index (χ1) is 18.2. The van der Waals surface area contributed by atoms with Gasteiger partial charge >= 0.3 is 6.18 Å². The SMILES string of the molecule is CO[n+]1ccccc1-c1cc(C(F)(F)F)ccc1OC1CCOc2cc(S(=O)(=O)Nc3nccs3)ccc21. The third kappa shape index (κ3) is 5.24. The molecule has 13 heteroatoms. The van der Waals surface area contributed by atoms with Crippen molar-refractivity contribution in [2.75, 3.05) is 18.4 Å². The number of benzene rings is 2. The summed E-state index contributed by atoms with van der Waals surface area (Å²) < 4.78 is 82.0. The van der Waals surface area contributed by atoms with Gasteiger partial charge in [0.1, 0.15) is 24.7 Å². The Kier molecular flexibility index (Phi) is 6.88. The smallest absolute Gasteiger partial charge is 0.416 e. The highest BCUT2D eigenvalue weighted by Gasteiger charge is 2.34. The van der Waals surface area contributed by atoms with Crippen LogP contribution in [0.2, 0.25) is 0 Å². The van der Waals surface area contributed by atoms with Crippen LogP contribution in [0, 0.1) is 0 Å². The van der Waals surface area contributed by atoms with Gasteiger partial charge in [0.2, 0.25) is 6.20 Å². The number of nitrogens with zero attached hydrogens (tertiary/aromatic N) is 2. The zero-order valence-electron chi connectivity index (χ0n) is 19.8. The van der Waals surface area contributed by atoms with Crippen molar-refractivity contribution in [3.8, 4) is 22.8 Å². The van der Waals surface area contributed by atoms with Crippen molar-refractivity contribution < 1.29 is 40.6 Å². The number of hydrogen-bond donors (Lipinski definition) is 1. The molecule has 0 fully saturated rings. The van der Waals surface area contributed by atoms with Crippen molar-refractivity contribution in [3.63, 3.8) is 0 Å². The van der Waals surface area contributed by atoms with Gasteiger partial charge in [-0.05, 0) is 30.3 Å². The number of rotatable bonds is 7. The minimum Gasteiger partial charge on any atom is -0.493 e. The Morgan fingerprint density at radius 3 is 2.74 bits per heavy atom. The van der Waals surface area contributed by atoms with Crippen LogP contribution in [0.3, 0.4) is 0 Å². The molecule has 0 amide bonds. The molecule has 0 bridgehead atoms. The van der Waals surface area contributed by atoms with E-state index in [1.807, 2.05) is 0 Å². The van der Waals surface area contributed by atoms with E-state index in [-0.39, 0.29) is 27.9 Å². The Labute approximate surface area is 220 Å². The fourth-order valence-corrected chi connectivity index (χ4v) is 5.84. The number of aromatic nitrogens is 2. The first-order valence-electron chi connectivity index (χ1n) is 11.3. The standard InChI is InChI=1S/C25H21F3N3O5S2/c1-34-31-11-3-2-4-20(31)19-14-16(25(26,27)28)5-8-21(19)36-22-9-12-35-23-15-17(6-7-18(22)23)38(32,33)30-24-29-10-13-37-24/h2-8,10-11,13-15,22H,9,12H2,1H3,(H,29,30)/q+1. The van der Waals surface area contributed by atoms with Gasteiger partial charge in [-0.1, -0.05) is 6.07 Å². The summed E-state index contributed by atoms with van der Waals surface area (Å²) in [6, 6.07) is 12.6. The second kappa shape index (κ2) is 10.1. The number of thiazole rings is 1. The maximum Gasteiger partial charge on any atom is 0.416 e. The van der Waals surface area contributed by atoms with E-state index in [9.17, 15) is 21.6 Å². The van der Waals surface area contributed by atoms with Crippen molar-refractivity contribution >= 4 is 26.5 Å². The molecular weight excluding hydrogens is 543 g/mol. The molecule has 0 saturated heterocycles. The maximum absolute atomic E-state index is 13.6. The lowest BCUT2D eigenvalue weighted by atomic mass is 10.0. The van der Waals surface area contributed by atoms with E-state index in [0.717, 1.165) is 23.5 Å². The predicted octanol–water partition coefficient (Wildman–Crippen LogP) is 4.88. The molecule has 1 aliphatic rings. The van der Waals surface area contributed by atoms with Crippen LogP contribution in [0.1, 0.15) is 23.7 Å². The first-order valence-corrected chi connectivity index (χ1v) is 13.6. The zero-order valence-corrected chi connectivity index (χ0v) is 21.4. The molecule has 3 heterocycles. The summed E-state index contributed by atoms with van der Waals surface area (Å²) in [6.45, 7) is 0.223. The number of sulfonamides is 1. The first kappa shape index (κ1) is 25.8. The van der Waals surface area contributed by atoms with E-state index in [4.69, 9.17) is 14.3 Å². The molecule has 1 atom stereocenters. The van der Waals surface area contributed by atoms with E-state index in [1.165, 1.54) is 36.2 Å². The van der Waals surface area contributed by atoms with Gasteiger partial charge in [-0.3, -0.25) is 9.56 Å².